The van der Waals surface area contributed by atoms with Gasteiger partial charge in [-0.1, -0.05) is 18.5 Å². The van der Waals surface area contributed by atoms with E-state index in [1.54, 1.807) is 18.3 Å². The predicted molar refractivity (Wildman–Crippen MR) is 78.2 cm³/mol. The molecule has 1 amide bonds. The predicted octanol–water partition coefficient (Wildman–Crippen LogP) is 2.81. The third-order valence-corrected chi connectivity index (χ3v) is 3.35. The Morgan fingerprint density at radius 2 is 2.26 bits per heavy atom. The molecule has 1 heterocycles. The van der Waals surface area contributed by atoms with Crippen LogP contribution in [-0.4, -0.2) is 17.4 Å². The average Bonchev–Trinajstić information content (AvgIpc) is 2.42. The van der Waals surface area contributed by atoms with Crippen molar-refractivity contribution in [2.45, 2.75) is 13.3 Å². The maximum Gasteiger partial charge on any atom is 0.227 e. The van der Waals surface area contributed by atoms with Crippen LogP contribution in [0.4, 0.5) is 5.69 Å². The minimum Gasteiger partial charge on any atom is -0.330 e. The number of rotatable bonds is 4. The van der Waals surface area contributed by atoms with Gasteiger partial charge in [0.05, 0.1) is 16.2 Å². The van der Waals surface area contributed by atoms with E-state index in [0.717, 1.165) is 5.39 Å². The first-order valence-corrected chi connectivity index (χ1v) is 6.55. The van der Waals surface area contributed by atoms with Crippen LogP contribution in [0.15, 0.2) is 30.5 Å². The van der Waals surface area contributed by atoms with Gasteiger partial charge in [-0.3, -0.25) is 9.78 Å². The minimum atomic E-state index is -0.126. The van der Waals surface area contributed by atoms with Crippen LogP contribution in [0, 0.1) is 5.92 Å². The molecule has 2 rings (SSSR count). The van der Waals surface area contributed by atoms with Gasteiger partial charge in [-0.05, 0) is 37.2 Å². The van der Waals surface area contributed by atoms with E-state index in [-0.39, 0.29) is 11.8 Å². The first kappa shape index (κ1) is 13.8. The van der Waals surface area contributed by atoms with E-state index in [0.29, 0.717) is 29.2 Å². The standard InChI is InChI=1S/C14H16ClN3O/c1-9(6-7-16)14(19)18-12-5-4-11(15)10-3-2-8-17-13(10)12/h2-5,8-9H,6-7,16H2,1H3,(H,18,19). The van der Waals surface area contributed by atoms with Crippen molar-refractivity contribution in [3.05, 3.63) is 35.5 Å². The summed E-state index contributed by atoms with van der Waals surface area (Å²) < 4.78 is 0. The lowest BCUT2D eigenvalue weighted by Gasteiger charge is -2.13. The van der Waals surface area contributed by atoms with Crippen molar-refractivity contribution in [3.8, 4) is 0 Å². The summed E-state index contributed by atoms with van der Waals surface area (Å²) >= 11 is 6.11. The Morgan fingerprint density at radius 3 is 3.00 bits per heavy atom. The largest absolute Gasteiger partial charge is 0.330 e. The smallest absolute Gasteiger partial charge is 0.227 e. The molecule has 0 radical (unpaired) electrons. The number of fused-ring (bicyclic) bond motifs is 1. The van der Waals surface area contributed by atoms with Gasteiger partial charge in [-0.15, -0.1) is 0 Å². The Balaban J connectivity index is 2.31. The molecule has 1 unspecified atom stereocenters. The first-order valence-electron chi connectivity index (χ1n) is 6.17. The molecule has 0 aliphatic carbocycles. The Kier molecular flexibility index (Phi) is 4.35. The normalized spacial score (nSPS) is 12.4. The maximum absolute atomic E-state index is 12.0. The quantitative estimate of drug-likeness (QED) is 0.903. The number of amides is 1. The average molecular weight is 278 g/mol. The van der Waals surface area contributed by atoms with Crippen LogP contribution in [0.25, 0.3) is 10.9 Å². The topological polar surface area (TPSA) is 68.0 Å². The van der Waals surface area contributed by atoms with Crippen LogP contribution in [-0.2, 0) is 4.79 Å². The van der Waals surface area contributed by atoms with Crippen LogP contribution < -0.4 is 11.1 Å². The molecular formula is C14H16ClN3O. The van der Waals surface area contributed by atoms with Crippen LogP contribution >= 0.6 is 11.6 Å². The number of nitrogens with two attached hydrogens (primary N) is 1. The van der Waals surface area contributed by atoms with Crippen molar-refractivity contribution in [3.63, 3.8) is 0 Å². The van der Waals surface area contributed by atoms with E-state index in [1.165, 1.54) is 0 Å². The van der Waals surface area contributed by atoms with Gasteiger partial charge in [-0.2, -0.15) is 0 Å². The van der Waals surface area contributed by atoms with Gasteiger partial charge in [0.2, 0.25) is 5.91 Å². The van der Waals surface area contributed by atoms with Gasteiger partial charge >= 0.3 is 0 Å². The molecule has 5 heteroatoms. The maximum atomic E-state index is 12.0. The van der Waals surface area contributed by atoms with Gasteiger partial charge in [0.1, 0.15) is 0 Å². The highest BCUT2D eigenvalue weighted by molar-refractivity contribution is 6.35. The Bertz CT molecular complexity index is 600. The van der Waals surface area contributed by atoms with Gasteiger partial charge in [-0.25, -0.2) is 0 Å². The first-order chi connectivity index (χ1) is 9.13. The molecule has 1 aromatic carbocycles. The number of carbonyl (C=O) groups is 1. The highest BCUT2D eigenvalue weighted by Crippen LogP contribution is 2.28. The summed E-state index contributed by atoms with van der Waals surface area (Å²) in [7, 11) is 0. The summed E-state index contributed by atoms with van der Waals surface area (Å²) in [6.45, 7) is 2.35. The number of hydrogen-bond acceptors (Lipinski definition) is 3. The Labute approximate surface area is 117 Å². The molecule has 0 fully saturated rings. The number of benzene rings is 1. The number of aromatic nitrogens is 1. The summed E-state index contributed by atoms with van der Waals surface area (Å²) in [6.07, 6.45) is 2.34. The van der Waals surface area contributed by atoms with Crippen molar-refractivity contribution in [1.29, 1.82) is 0 Å². The van der Waals surface area contributed by atoms with E-state index in [1.807, 2.05) is 19.1 Å². The zero-order valence-electron chi connectivity index (χ0n) is 10.7. The number of pyridine rings is 1. The molecule has 100 valence electrons. The second kappa shape index (κ2) is 5.99. The molecule has 0 aliphatic heterocycles. The lowest BCUT2D eigenvalue weighted by atomic mass is 10.1. The molecule has 1 aromatic heterocycles. The van der Waals surface area contributed by atoms with E-state index >= 15 is 0 Å². The van der Waals surface area contributed by atoms with E-state index in [2.05, 4.69) is 10.3 Å². The summed E-state index contributed by atoms with van der Waals surface area (Å²) in [6, 6.07) is 7.22. The van der Waals surface area contributed by atoms with Crippen molar-refractivity contribution in [1.82, 2.24) is 4.98 Å². The summed E-state index contributed by atoms with van der Waals surface area (Å²) in [5, 5.41) is 4.33. The second-order valence-corrected chi connectivity index (χ2v) is 4.87. The van der Waals surface area contributed by atoms with Crippen molar-refractivity contribution < 1.29 is 4.79 Å². The number of carbonyl (C=O) groups excluding carboxylic acids is 1. The summed E-state index contributed by atoms with van der Waals surface area (Å²) in [5.41, 5.74) is 6.83. The molecule has 2 aromatic rings. The van der Waals surface area contributed by atoms with Gasteiger partial charge in [0, 0.05) is 17.5 Å². The van der Waals surface area contributed by atoms with Crippen LogP contribution in [0.1, 0.15) is 13.3 Å². The van der Waals surface area contributed by atoms with E-state index in [4.69, 9.17) is 17.3 Å². The number of halogens is 1. The minimum absolute atomic E-state index is 0.0558. The molecular weight excluding hydrogens is 262 g/mol. The number of nitrogens with one attached hydrogen (secondary N) is 1. The van der Waals surface area contributed by atoms with Crippen molar-refractivity contribution in [2.24, 2.45) is 11.7 Å². The molecule has 0 bridgehead atoms. The summed E-state index contributed by atoms with van der Waals surface area (Å²) in [5.74, 6) is -0.181. The van der Waals surface area contributed by atoms with Crippen LogP contribution in [0.5, 0.6) is 0 Å². The molecule has 1 atom stereocenters. The van der Waals surface area contributed by atoms with Crippen LogP contribution in [0.3, 0.4) is 0 Å². The highest BCUT2D eigenvalue weighted by Gasteiger charge is 2.14. The van der Waals surface area contributed by atoms with Gasteiger partial charge < -0.3 is 11.1 Å². The van der Waals surface area contributed by atoms with Gasteiger partial charge in [0.25, 0.3) is 0 Å². The van der Waals surface area contributed by atoms with Crippen LogP contribution in [0.2, 0.25) is 5.02 Å². The molecule has 0 aliphatic rings. The number of nitrogens with zero attached hydrogens (tertiary/aromatic N) is 1. The SMILES string of the molecule is CC(CCN)C(=O)Nc1ccc(Cl)c2cccnc12. The molecule has 0 saturated carbocycles. The molecule has 0 spiro atoms. The monoisotopic (exact) mass is 277 g/mol. The fraction of sp³-hybridized carbons (Fsp3) is 0.286. The van der Waals surface area contributed by atoms with Crippen molar-refractivity contribution >= 4 is 34.1 Å². The number of anilines is 1. The Hall–Kier alpha value is -1.65. The molecule has 19 heavy (non-hydrogen) atoms. The van der Waals surface area contributed by atoms with E-state index in [9.17, 15) is 4.79 Å². The third kappa shape index (κ3) is 3.03. The second-order valence-electron chi connectivity index (χ2n) is 4.46. The zero-order valence-corrected chi connectivity index (χ0v) is 11.4. The molecule has 4 nitrogen and oxygen atoms in total. The lowest BCUT2D eigenvalue weighted by Crippen LogP contribution is -2.22. The Morgan fingerprint density at radius 1 is 1.47 bits per heavy atom. The van der Waals surface area contributed by atoms with E-state index < -0.39 is 0 Å². The fourth-order valence-corrected chi connectivity index (χ4v) is 2.09. The van der Waals surface area contributed by atoms with Crippen molar-refractivity contribution in [2.75, 3.05) is 11.9 Å². The third-order valence-electron chi connectivity index (χ3n) is 3.02. The fourth-order valence-electron chi connectivity index (χ4n) is 1.88. The molecule has 3 N–H and O–H groups in total. The van der Waals surface area contributed by atoms with Gasteiger partial charge in [0.15, 0.2) is 0 Å². The molecule has 0 saturated heterocycles. The lowest BCUT2D eigenvalue weighted by molar-refractivity contribution is -0.119. The number of hydrogen-bond donors (Lipinski definition) is 2. The zero-order chi connectivity index (χ0) is 13.8. The highest BCUT2D eigenvalue weighted by atomic mass is 35.5. The summed E-state index contributed by atoms with van der Waals surface area (Å²) in [4.78, 5) is 16.3.